The number of hydrogen-bond acceptors (Lipinski definition) is 2. The predicted octanol–water partition coefficient (Wildman–Crippen LogP) is 2.67. The lowest BCUT2D eigenvalue weighted by Gasteiger charge is -2.03. The molecule has 7 heteroatoms. The highest BCUT2D eigenvalue weighted by molar-refractivity contribution is 9.10. The monoisotopic (exact) mass is 265 g/mol. The van der Waals surface area contributed by atoms with Crippen molar-refractivity contribution >= 4 is 27.0 Å². The Balaban J connectivity index is 2.63. The summed E-state index contributed by atoms with van der Waals surface area (Å²) < 4.78 is 37.1. The van der Waals surface area contributed by atoms with Crippen LogP contribution >= 0.6 is 15.9 Å². The van der Waals surface area contributed by atoms with Gasteiger partial charge in [-0.15, -0.1) is 18.3 Å². The minimum Gasteiger partial charge on any atom is -0.234 e. The standard InChI is InChI=1S/C7H3BrF3N3/c8-5-1-4-3-14(7(9,10)11)13-6(4)12-2-5/h1-3H. The van der Waals surface area contributed by atoms with Crippen LogP contribution in [0, 0.1) is 0 Å². The van der Waals surface area contributed by atoms with Crippen molar-refractivity contribution in [2.75, 3.05) is 0 Å². The van der Waals surface area contributed by atoms with Gasteiger partial charge in [-0.3, -0.25) is 0 Å². The molecule has 0 aromatic carbocycles. The molecule has 0 saturated heterocycles. The topological polar surface area (TPSA) is 30.7 Å². The molecule has 74 valence electrons. The summed E-state index contributed by atoms with van der Waals surface area (Å²) in [6, 6.07) is 1.53. The summed E-state index contributed by atoms with van der Waals surface area (Å²) in [6.07, 6.45) is -2.20. The van der Waals surface area contributed by atoms with Gasteiger partial charge in [-0.2, -0.15) is 4.68 Å². The van der Waals surface area contributed by atoms with Gasteiger partial charge in [-0.05, 0) is 22.0 Å². The summed E-state index contributed by atoms with van der Waals surface area (Å²) in [4.78, 5) is 3.74. The summed E-state index contributed by atoms with van der Waals surface area (Å²) in [5.41, 5.74) is 0.0746. The predicted molar refractivity (Wildman–Crippen MR) is 46.5 cm³/mol. The van der Waals surface area contributed by atoms with E-state index < -0.39 is 6.30 Å². The lowest BCUT2D eigenvalue weighted by Crippen LogP contribution is -2.16. The van der Waals surface area contributed by atoms with Crippen molar-refractivity contribution < 1.29 is 13.2 Å². The number of fused-ring (bicyclic) bond motifs is 1. The van der Waals surface area contributed by atoms with Gasteiger partial charge >= 0.3 is 6.30 Å². The minimum atomic E-state index is -4.49. The molecule has 0 fully saturated rings. The van der Waals surface area contributed by atoms with E-state index in [1.807, 2.05) is 0 Å². The van der Waals surface area contributed by atoms with Crippen molar-refractivity contribution in [1.29, 1.82) is 0 Å². The zero-order chi connectivity index (χ0) is 10.3. The zero-order valence-corrected chi connectivity index (χ0v) is 8.17. The molecule has 14 heavy (non-hydrogen) atoms. The molecule has 2 aromatic heterocycles. The van der Waals surface area contributed by atoms with Crippen molar-refractivity contribution in [3.8, 4) is 0 Å². The normalized spacial score (nSPS) is 12.3. The lowest BCUT2D eigenvalue weighted by atomic mass is 10.4. The van der Waals surface area contributed by atoms with Gasteiger partial charge in [0.05, 0.1) is 0 Å². The Kier molecular flexibility index (Phi) is 1.99. The molecule has 0 unspecified atom stereocenters. The van der Waals surface area contributed by atoms with Gasteiger partial charge in [0.25, 0.3) is 0 Å². The van der Waals surface area contributed by atoms with Gasteiger partial charge in [0.2, 0.25) is 0 Å². The first-order valence-electron chi connectivity index (χ1n) is 3.55. The highest BCUT2D eigenvalue weighted by atomic mass is 79.9. The average molecular weight is 266 g/mol. The number of alkyl halides is 3. The fraction of sp³-hybridized carbons (Fsp3) is 0.143. The fourth-order valence-electron chi connectivity index (χ4n) is 1.02. The molecule has 2 aromatic rings. The SMILES string of the molecule is FC(F)(F)n1cc2cc(Br)cnc2n1. The molecule has 3 nitrogen and oxygen atoms in total. The number of rotatable bonds is 0. The maximum absolute atomic E-state index is 12.2. The number of pyridine rings is 1. The highest BCUT2D eigenvalue weighted by Crippen LogP contribution is 2.24. The molecule has 0 atom stereocenters. The third-order valence-electron chi connectivity index (χ3n) is 1.59. The number of hydrogen-bond donors (Lipinski definition) is 0. The van der Waals surface area contributed by atoms with Crippen LogP contribution in [0.15, 0.2) is 22.9 Å². The van der Waals surface area contributed by atoms with Gasteiger partial charge in [-0.25, -0.2) is 4.98 Å². The summed E-state index contributed by atoms with van der Waals surface area (Å²) in [7, 11) is 0. The smallest absolute Gasteiger partial charge is 0.234 e. The molecule has 0 N–H and O–H groups in total. The second-order valence-corrected chi connectivity index (χ2v) is 3.52. The summed E-state index contributed by atoms with van der Waals surface area (Å²) in [5.74, 6) is 0. The second-order valence-electron chi connectivity index (χ2n) is 2.61. The molecular weight excluding hydrogens is 263 g/mol. The molecule has 0 amide bonds. The number of halogens is 4. The van der Waals surface area contributed by atoms with Crippen LogP contribution in [0.3, 0.4) is 0 Å². The molecule has 0 saturated carbocycles. The van der Waals surface area contributed by atoms with Crippen molar-refractivity contribution in [3.63, 3.8) is 0 Å². The maximum Gasteiger partial charge on any atom is 0.504 e. The van der Waals surface area contributed by atoms with E-state index in [1.165, 1.54) is 12.3 Å². The van der Waals surface area contributed by atoms with Gasteiger partial charge in [0, 0.05) is 22.3 Å². The van der Waals surface area contributed by atoms with E-state index in [4.69, 9.17) is 0 Å². The number of aromatic nitrogens is 3. The third kappa shape index (κ3) is 1.59. The molecule has 0 bridgehead atoms. The van der Waals surface area contributed by atoms with E-state index in [2.05, 4.69) is 26.0 Å². The van der Waals surface area contributed by atoms with Gasteiger partial charge in [0.1, 0.15) is 0 Å². The minimum absolute atomic E-state index is 0.0584. The van der Waals surface area contributed by atoms with E-state index in [9.17, 15) is 13.2 Å². The number of nitrogens with zero attached hydrogens (tertiary/aromatic N) is 3. The van der Waals surface area contributed by atoms with Crippen LogP contribution in [0.2, 0.25) is 0 Å². The molecule has 0 aliphatic heterocycles. The van der Waals surface area contributed by atoms with Crippen LogP contribution in [0.4, 0.5) is 13.2 Å². The Labute approximate surface area is 84.7 Å². The first-order chi connectivity index (χ1) is 6.47. The Bertz CT molecular complexity index is 476. The lowest BCUT2D eigenvalue weighted by molar-refractivity contribution is -0.211. The largest absolute Gasteiger partial charge is 0.504 e. The first-order valence-corrected chi connectivity index (χ1v) is 4.34. The molecule has 2 heterocycles. The quantitative estimate of drug-likeness (QED) is 0.733. The van der Waals surface area contributed by atoms with Gasteiger partial charge < -0.3 is 0 Å². The molecule has 0 aliphatic rings. The van der Waals surface area contributed by atoms with Crippen molar-refractivity contribution in [3.05, 3.63) is 22.9 Å². The molecular formula is C7H3BrF3N3. The molecule has 0 aliphatic carbocycles. The summed E-state index contributed by atoms with van der Waals surface area (Å²) >= 11 is 3.11. The van der Waals surface area contributed by atoms with E-state index in [-0.39, 0.29) is 10.3 Å². The Morgan fingerprint density at radius 1 is 1.36 bits per heavy atom. The van der Waals surface area contributed by atoms with Crippen LogP contribution in [-0.4, -0.2) is 14.8 Å². The average Bonchev–Trinajstić information content (AvgIpc) is 2.45. The fourth-order valence-corrected chi connectivity index (χ4v) is 1.37. The van der Waals surface area contributed by atoms with Crippen LogP contribution in [-0.2, 0) is 6.30 Å². The molecule has 2 rings (SSSR count). The van der Waals surface area contributed by atoms with Gasteiger partial charge in [0.15, 0.2) is 5.65 Å². The van der Waals surface area contributed by atoms with Crippen molar-refractivity contribution in [1.82, 2.24) is 14.8 Å². The Morgan fingerprint density at radius 2 is 2.07 bits per heavy atom. The van der Waals surface area contributed by atoms with E-state index >= 15 is 0 Å². The van der Waals surface area contributed by atoms with Crippen LogP contribution < -0.4 is 0 Å². The summed E-state index contributed by atoms with van der Waals surface area (Å²) in [6.45, 7) is 0. The third-order valence-corrected chi connectivity index (χ3v) is 2.02. The van der Waals surface area contributed by atoms with Crippen LogP contribution in [0.5, 0.6) is 0 Å². The Morgan fingerprint density at radius 3 is 2.71 bits per heavy atom. The van der Waals surface area contributed by atoms with E-state index in [0.717, 1.165) is 6.20 Å². The summed E-state index contributed by atoms with van der Waals surface area (Å²) in [5, 5.41) is 3.63. The van der Waals surface area contributed by atoms with Crippen LogP contribution in [0.1, 0.15) is 0 Å². The van der Waals surface area contributed by atoms with Gasteiger partial charge in [-0.1, -0.05) is 0 Å². The first kappa shape index (κ1) is 9.45. The van der Waals surface area contributed by atoms with Crippen molar-refractivity contribution in [2.24, 2.45) is 0 Å². The van der Waals surface area contributed by atoms with E-state index in [1.54, 1.807) is 0 Å². The van der Waals surface area contributed by atoms with Crippen molar-refractivity contribution in [2.45, 2.75) is 6.30 Å². The maximum atomic E-state index is 12.2. The van der Waals surface area contributed by atoms with E-state index in [0.29, 0.717) is 9.86 Å². The second kappa shape index (κ2) is 2.94. The highest BCUT2D eigenvalue weighted by Gasteiger charge is 2.32. The Hall–Kier alpha value is -1.11. The molecule has 0 spiro atoms. The zero-order valence-electron chi connectivity index (χ0n) is 6.59. The van der Waals surface area contributed by atoms with Crippen LogP contribution in [0.25, 0.3) is 11.0 Å². The molecule has 0 radical (unpaired) electrons.